The van der Waals surface area contributed by atoms with Crippen molar-refractivity contribution in [2.45, 2.75) is 51.2 Å². The first-order chi connectivity index (χ1) is 8.98. The average molecular weight is 290 g/mol. The molecule has 112 valence electrons. The van der Waals surface area contributed by atoms with Gasteiger partial charge in [0.2, 0.25) is 10.0 Å². The lowest BCUT2D eigenvalue weighted by Gasteiger charge is -2.61. The molecular formula is C13H26N2O3S. The molecule has 0 saturated heterocycles. The molecule has 2 saturated carbocycles. The Morgan fingerprint density at radius 3 is 2.58 bits per heavy atom. The molecule has 0 aliphatic heterocycles. The third-order valence-corrected chi connectivity index (χ3v) is 5.27. The third-order valence-electron chi connectivity index (χ3n) is 4.55. The zero-order chi connectivity index (χ0) is 13.9. The Hall–Kier alpha value is -0.170. The highest BCUT2D eigenvalue weighted by Crippen LogP contribution is 2.57. The van der Waals surface area contributed by atoms with Crippen molar-refractivity contribution in [1.29, 1.82) is 0 Å². The zero-order valence-electron chi connectivity index (χ0n) is 11.9. The van der Waals surface area contributed by atoms with Crippen LogP contribution in [-0.2, 0) is 14.8 Å². The predicted molar refractivity (Wildman–Crippen MR) is 75.6 cm³/mol. The van der Waals surface area contributed by atoms with Gasteiger partial charge in [0.15, 0.2) is 0 Å². The summed E-state index contributed by atoms with van der Waals surface area (Å²) >= 11 is 0. The van der Waals surface area contributed by atoms with Crippen LogP contribution in [0.15, 0.2) is 0 Å². The van der Waals surface area contributed by atoms with Gasteiger partial charge in [-0.15, -0.1) is 0 Å². The summed E-state index contributed by atoms with van der Waals surface area (Å²) in [5.74, 6) is 0. The molecule has 0 radical (unpaired) electrons. The number of ether oxygens (including phenoxy) is 1. The van der Waals surface area contributed by atoms with Crippen molar-refractivity contribution in [2.24, 2.45) is 5.41 Å². The van der Waals surface area contributed by atoms with Gasteiger partial charge in [-0.05, 0) is 39.2 Å². The van der Waals surface area contributed by atoms with Gasteiger partial charge in [0.05, 0.1) is 12.4 Å². The Kier molecular flexibility index (Phi) is 4.87. The Labute approximate surface area is 116 Å². The van der Waals surface area contributed by atoms with E-state index in [1.165, 1.54) is 25.5 Å². The summed E-state index contributed by atoms with van der Waals surface area (Å²) in [7, 11) is -3.05. The topological polar surface area (TPSA) is 67.4 Å². The fourth-order valence-corrected chi connectivity index (χ4v) is 3.86. The van der Waals surface area contributed by atoms with Crippen LogP contribution < -0.4 is 10.0 Å². The van der Waals surface area contributed by atoms with E-state index >= 15 is 0 Å². The summed E-state index contributed by atoms with van der Waals surface area (Å²) in [6, 6.07) is 0.566. The van der Waals surface area contributed by atoms with Gasteiger partial charge in [-0.1, -0.05) is 6.42 Å². The molecule has 2 aliphatic carbocycles. The highest BCUT2D eigenvalue weighted by Gasteiger charge is 2.58. The largest absolute Gasteiger partial charge is 0.378 e. The van der Waals surface area contributed by atoms with Crippen molar-refractivity contribution in [1.82, 2.24) is 10.0 Å². The van der Waals surface area contributed by atoms with Crippen molar-refractivity contribution < 1.29 is 13.2 Å². The van der Waals surface area contributed by atoms with Crippen molar-refractivity contribution in [3.05, 3.63) is 0 Å². The number of hydrogen-bond donors (Lipinski definition) is 2. The van der Waals surface area contributed by atoms with E-state index in [0.717, 1.165) is 26.0 Å². The van der Waals surface area contributed by atoms with Crippen molar-refractivity contribution in [3.8, 4) is 0 Å². The molecule has 1 spiro atoms. The van der Waals surface area contributed by atoms with Crippen LogP contribution in [0.4, 0.5) is 0 Å². The minimum Gasteiger partial charge on any atom is -0.378 e. The van der Waals surface area contributed by atoms with Crippen LogP contribution in [0.3, 0.4) is 0 Å². The SMILES string of the molecule is CCOC1CC(NCCCNS(C)(=O)=O)C12CCC2. The average Bonchev–Trinajstić information content (AvgIpc) is 2.22. The molecule has 2 unspecified atom stereocenters. The first-order valence-corrected chi connectivity index (χ1v) is 9.17. The van der Waals surface area contributed by atoms with Crippen molar-refractivity contribution in [3.63, 3.8) is 0 Å². The zero-order valence-corrected chi connectivity index (χ0v) is 12.8. The van der Waals surface area contributed by atoms with E-state index in [9.17, 15) is 8.42 Å². The van der Waals surface area contributed by atoms with Gasteiger partial charge in [-0.25, -0.2) is 13.1 Å². The molecule has 2 N–H and O–H groups in total. The number of hydrogen-bond acceptors (Lipinski definition) is 4. The van der Waals surface area contributed by atoms with E-state index < -0.39 is 10.0 Å². The Bertz CT molecular complexity index is 393. The summed E-state index contributed by atoms with van der Waals surface area (Å²) in [5.41, 5.74) is 0.389. The molecule has 6 heteroatoms. The molecule has 2 atom stereocenters. The number of nitrogens with one attached hydrogen (secondary N) is 2. The van der Waals surface area contributed by atoms with Crippen LogP contribution in [0.2, 0.25) is 0 Å². The fraction of sp³-hybridized carbons (Fsp3) is 1.00. The maximum atomic E-state index is 10.9. The van der Waals surface area contributed by atoms with Gasteiger partial charge >= 0.3 is 0 Å². The second kappa shape index (κ2) is 6.08. The molecule has 0 heterocycles. The Balaban J connectivity index is 1.65. The van der Waals surface area contributed by atoms with Crippen LogP contribution in [0.25, 0.3) is 0 Å². The molecule has 0 bridgehead atoms. The summed E-state index contributed by atoms with van der Waals surface area (Å²) in [6.45, 7) is 4.25. The summed E-state index contributed by atoms with van der Waals surface area (Å²) < 4.78 is 30.2. The van der Waals surface area contributed by atoms with E-state index in [4.69, 9.17) is 4.74 Å². The molecule has 2 aliphatic rings. The second-order valence-corrected chi connectivity index (χ2v) is 7.63. The molecule has 19 heavy (non-hydrogen) atoms. The summed E-state index contributed by atoms with van der Waals surface area (Å²) in [5, 5.41) is 3.57. The molecule has 2 fully saturated rings. The monoisotopic (exact) mass is 290 g/mol. The van der Waals surface area contributed by atoms with E-state index in [-0.39, 0.29) is 0 Å². The highest BCUT2D eigenvalue weighted by atomic mass is 32.2. The van der Waals surface area contributed by atoms with Gasteiger partial charge in [0.1, 0.15) is 0 Å². The van der Waals surface area contributed by atoms with Gasteiger partial charge in [0, 0.05) is 24.6 Å². The molecule has 0 aromatic heterocycles. The second-order valence-electron chi connectivity index (χ2n) is 5.79. The maximum Gasteiger partial charge on any atom is 0.208 e. The van der Waals surface area contributed by atoms with Gasteiger partial charge in [-0.3, -0.25) is 0 Å². The van der Waals surface area contributed by atoms with Gasteiger partial charge < -0.3 is 10.1 Å². The molecule has 0 amide bonds. The Morgan fingerprint density at radius 2 is 2.05 bits per heavy atom. The van der Waals surface area contributed by atoms with Crippen LogP contribution in [0.5, 0.6) is 0 Å². The lowest BCUT2D eigenvalue weighted by atomic mass is 9.51. The predicted octanol–water partition coefficient (Wildman–Crippen LogP) is 0.863. The fourth-order valence-electron chi connectivity index (χ4n) is 3.35. The molecule has 5 nitrogen and oxygen atoms in total. The quantitative estimate of drug-likeness (QED) is 0.651. The standard InChI is InChI=1S/C13H26N2O3S/c1-3-18-12-10-11(13(12)6-4-7-13)14-8-5-9-15-19(2,16)17/h11-12,14-15H,3-10H2,1-2H3. The Morgan fingerprint density at radius 1 is 1.32 bits per heavy atom. The van der Waals surface area contributed by atoms with Crippen LogP contribution >= 0.6 is 0 Å². The van der Waals surface area contributed by atoms with Crippen LogP contribution in [0, 0.1) is 5.41 Å². The summed E-state index contributed by atoms with van der Waals surface area (Å²) in [6.07, 6.45) is 7.44. The van der Waals surface area contributed by atoms with Gasteiger partial charge in [-0.2, -0.15) is 0 Å². The first-order valence-electron chi connectivity index (χ1n) is 7.27. The molecule has 2 rings (SSSR count). The van der Waals surface area contributed by atoms with E-state index in [1.807, 2.05) is 0 Å². The van der Waals surface area contributed by atoms with Crippen LogP contribution in [0.1, 0.15) is 39.0 Å². The molecule has 0 aromatic rings. The number of sulfonamides is 1. The molecule has 0 aromatic carbocycles. The normalized spacial score (nSPS) is 28.9. The van der Waals surface area contributed by atoms with Crippen LogP contribution in [-0.4, -0.2) is 46.5 Å². The maximum absolute atomic E-state index is 10.9. The van der Waals surface area contributed by atoms with E-state index in [2.05, 4.69) is 17.0 Å². The van der Waals surface area contributed by atoms with Crippen molar-refractivity contribution >= 4 is 10.0 Å². The smallest absolute Gasteiger partial charge is 0.208 e. The van der Waals surface area contributed by atoms with Gasteiger partial charge in [0.25, 0.3) is 0 Å². The first kappa shape index (κ1) is 15.2. The van der Waals surface area contributed by atoms with Crippen molar-refractivity contribution in [2.75, 3.05) is 26.0 Å². The third kappa shape index (κ3) is 3.48. The minimum absolute atomic E-state index is 0.389. The number of rotatable bonds is 8. The van der Waals surface area contributed by atoms with E-state index in [0.29, 0.717) is 24.1 Å². The lowest BCUT2D eigenvalue weighted by Crippen LogP contribution is -2.67. The van der Waals surface area contributed by atoms with E-state index in [1.54, 1.807) is 0 Å². The minimum atomic E-state index is -3.05. The summed E-state index contributed by atoms with van der Waals surface area (Å²) in [4.78, 5) is 0. The highest BCUT2D eigenvalue weighted by molar-refractivity contribution is 7.88. The lowest BCUT2D eigenvalue weighted by molar-refractivity contribution is -0.172. The molecular weight excluding hydrogens is 264 g/mol.